The van der Waals surface area contributed by atoms with Crippen molar-refractivity contribution in [1.29, 1.82) is 0 Å². The number of aryl methyl sites for hydroxylation is 2. The topological polar surface area (TPSA) is 35.2 Å². The second-order valence-corrected chi connectivity index (χ2v) is 4.15. The van der Waals surface area contributed by atoms with Crippen molar-refractivity contribution in [3.05, 3.63) is 53.1 Å². The highest BCUT2D eigenvalue weighted by atomic mass is 19.2. The summed E-state index contributed by atoms with van der Waals surface area (Å²) in [5, 5.41) is 0. The van der Waals surface area contributed by atoms with Crippen LogP contribution in [0.2, 0.25) is 0 Å². The van der Waals surface area contributed by atoms with Gasteiger partial charge in [-0.2, -0.15) is 0 Å². The molecule has 94 valence electrons. The zero-order chi connectivity index (χ0) is 13.3. The Bertz CT molecular complexity index is 597. The Morgan fingerprint density at radius 1 is 0.944 bits per heavy atom. The number of anilines is 1. The van der Waals surface area contributed by atoms with Gasteiger partial charge >= 0.3 is 0 Å². The molecule has 18 heavy (non-hydrogen) atoms. The van der Waals surface area contributed by atoms with Crippen LogP contribution in [0.5, 0.6) is 11.5 Å². The summed E-state index contributed by atoms with van der Waals surface area (Å²) in [5.74, 6) is -0.981. The summed E-state index contributed by atoms with van der Waals surface area (Å²) in [6.45, 7) is 3.50. The van der Waals surface area contributed by atoms with Gasteiger partial charge in [0.2, 0.25) is 0 Å². The van der Waals surface area contributed by atoms with E-state index in [2.05, 4.69) is 0 Å². The van der Waals surface area contributed by atoms with Crippen LogP contribution in [-0.4, -0.2) is 0 Å². The molecule has 0 radical (unpaired) electrons. The number of benzene rings is 2. The fourth-order valence-electron chi connectivity index (χ4n) is 1.58. The van der Waals surface area contributed by atoms with Crippen LogP contribution in [0.25, 0.3) is 0 Å². The van der Waals surface area contributed by atoms with Crippen molar-refractivity contribution in [2.45, 2.75) is 13.8 Å². The van der Waals surface area contributed by atoms with Crippen LogP contribution < -0.4 is 10.5 Å². The summed E-state index contributed by atoms with van der Waals surface area (Å²) < 4.78 is 31.6. The molecule has 0 saturated heterocycles. The monoisotopic (exact) mass is 249 g/mol. The van der Waals surface area contributed by atoms with Gasteiger partial charge in [-0.25, -0.2) is 8.78 Å². The lowest BCUT2D eigenvalue weighted by atomic mass is 10.2. The van der Waals surface area contributed by atoms with E-state index in [0.29, 0.717) is 17.0 Å². The van der Waals surface area contributed by atoms with Crippen molar-refractivity contribution >= 4 is 5.69 Å². The van der Waals surface area contributed by atoms with E-state index >= 15 is 0 Å². The van der Waals surface area contributed by atoms with Crippen molar-refractivity contribution in [3.8, 4) is 11.5 Å². The molecule has 0 aromatic heterocycles. The lowest BCUT2D eigenvalue weighted by molar-refractivity contribution is 0.457. The number of hydrogen-bond donors (Lipinski definition) is 1. The molecule has 0 aliphatic rings. The maximum Gasteiger partial charge on any atom is 0.162 e. The van der Waals surface area contributed by atoms with Crippen LogP contribution in [0.15, 0.2) is 30.3 Å². The van der Waals surface area contributed by atoms with Gasteiger partial charge in [-0.3, -0.25) is 0 Å². The first-order valence-electron chi connectivity index (χ1n) is 5.47. The fourth-order valence-corrected chi connectivity index (χ4v) is 1.58. The average Bonchev–Trinajstić information content (AvgIpc) is 2.31. The fraction of sp³-hybridized carbons (Fsp3) is 0.143. The van der Waals surface area contributed by atoms with Gasteiger partial charge in [0.15, 0.2) is 11.6 Å². The maximum atomic E-state index is 13.1. The molecule has 2 aromatic carbocycles. The Labute approximate surface area is 104 Å². The molecule has 2 nitrogen and oxygen atoms in total. The zero-order valence-corrected chi connectivity index (χ0v) is 10.1. The van der Waals surface area contributed by atoms with Crippen molar-refractivity contribution in [3.63, 3.8) is 0 Å². The molecule has 2 aromatic rings. The van der Waals surface area contributed by atoms with Crippen molar-refractivity contribution in [2.24, 2.45) is 0 Å². The Morgan fingerprint density at radius 3 is 2.28 bits per heavy atom. The third kappa shape index (κ3) is 2.42. The summed E-state index contributed by atoms with van der Waals surface area (Å²) >= 11 is 0. The molecule has 2 rings (SSSR count). The summed E-state index contributed by atoms with van der Waals surface area (Å²) in [6, 6.07) is 7.28. The van der Waals surface area contributed by atoms with Gasteiger partial charge in [-0.15, -0.1) is 0 Å². The van der Waals surface area contributed by atoms with Crippen LogP contribution in [0.4, 0.5) is 14.5 Å². The molecule has 4 heteroatoms. The molecule has 2 N–H and O–H groups in total. The maximum absolute atomic E-state index is 13.1. The third-order valence-corrected chi connectivity index (χ3v) is 2.69. The van der Waals surface area contributed by atoms with Crippen LogP contribution in [0, 0.1) is 25.5 Å². The number of halogens is 2. The summed E-state index contributed by atoms with van der Waals surface area (Å²) in [6.07, 6.45) is 0. The van der Waals surface area contributed by atoms with Crippen LogP contribution >= 0.6 is 0 Å². The van der Waals surface area contributed by atoms with E-state index in [9.17, 15) is 8.78 Å². The zero-order valence-electron chi connectivity index (χ0n) is 10.1. The Hall–Kier alpha value is -2.10. The molecule has 0 amide bonds. The highest BCUT2D eigenvalue weighted by molar-refractivity contribution is 5.50. The number of hydrogen-bond acceptors (Lipinski definition) is 2. The van der Waals surface area contributed by atoms with E-state index in [0.717, 1.165) is 17.7 Å². The SMILES string of the molecule is Cc1cc(Oc2cc(F)c(F)cc2C)ccc1N. The molecular weight excluding hydrogens is 236 g/mol. The smallest absolute Gasteiger partial charge is 0.162 e. The van der Waals surface area contributed by atoms with Gasteiger partial charge in [-0.05, 0) is 49.2 Å². The first-order valence-corrected chi connectivity index (χ1v) is 5.47. The van der Waals surface area contributed by atoms with Crippen LogP contribution in [-0.2, 0) is 0 Å². The second kappa shape index (κ2) is 4.64. The largest absolute Gasteiger partial charge is 0.457 e. The van der Waals surface area contributed by atoms with Crippen molar-refractivity contribution in [1.82, 2.24) is 0 Å². The van der Waals surface area contributed by atoms with E-state index in [4.69, 9.17) is 10.5 Å². The van der Waals surface area contributed by atoms with E-state index in [1.54, 1.807) is 25.1 Å². The van der Waals surface area contributed by atoms with E-state index in [-0.39, 0.29) is 5.75 Å². The van der Waals surface area contributed by atoms with Crippen molar-refractivity contribution in [2.75, 3.05) is 5.73 Å². The Balaban J connectivity index is 2.34. The van der Waals surface area contributed by atoms with Gasteiger partial charge in [0.1, 0.15) is 11.5 Å². The summed E-state index contributed by atoms with van der Waals surface area (Å²) in [4.78, 5) is 0. The van der Waals surface area contributed by atoms with Gasteiger partial charge in [-0.1, -0.05) is 0 Å². The number of rotatable bonds is 2. The summed E-state index contributed by atoms with van der Waals surface area (Å²) in [5.41, 5.74) is 7.75. The standard InChI is InChI=1S/C14H13F2NO/c1-8-5-10(3-4-13(8)17)18-14-7-12(16)11(15)6-9(14)2/h3-7H,17H2,1-2H3. The predicted molar refractivity (Wildman–Crippen MR) is 66.8 cm³/mol. The third-order valence-electron chi connectivity index (χ3n) is 2.69. The molecule has 0 saturated carbocycles. The molecule has 0 aliphatic heterocycles. The van der Waals surface area contributed by atoms with E-state index in [1.807, 2.05) is 6.92 Å². The first kappa shape index (κ1) is 12.4. The molecule has 0 aliphatic carbocycles. The molecule has 0 heterocycles. The lowest BCUT2D eigenvalue weighted by Crippen LogP contribution is -1.94. The normalized spacial score (nSPS) is 10.4. The molecular formula is C14H13F2NO. The molecule has 0 unspecified atom stereocenters. The lowest BCUT2D eigenvalue weighted by Gasteiger charge is -2.10. The summed E-state index contributed by atoms with van der Waals surface area (Å²) in [7, 11) is 0. The van der Waals surface area contributed by atoms with E-state index in [1.165, 1.54) is 0 Å². The Morgan fingerprint density at radius 2 is 1.61 bits per heavy atom. The van der Waals surface area contributed by atoms with Gasteiger partial charge in [0.25, 0.3) is 0 Å². The van der Waals surface area contributed by atoms with Gasteiger partial charge in [0, 0.05) is 11.8 Å². The number of ether oxygens (including phenoxy) is 1. The quantitative estimate of drug-likeness (QED) is 0.818. The number of nitrogen functional groups attached to an aromatic ring is 1. The number of nitrogens with two attached hydrogens (primary N) is 1. The first-order chi connectivity index (χ1) is 8.47. The van der Waals surface area contributed by atoms with Gasteiger partial charge in [0.05, 0.1) is 0 Å². The van der Waals surface area contributed by atoms with E-state index < -0.39 is 11.6 Å². The minimum absolute atomic E-state index is 0.290. The molecule has 0 fully saturated rings. The average molecular weight is 249 g/mol. The second-order valence-electron chi connectivity index (χ2n) is 4.15. The Kier molecular flexibility index (Phi) is 3.19. The molecule has 0 spiro atoms. The highest BCUT2D eigenvalue weighted by Gasteiger charge is 2.09. The van der Waals surface area contributed by atoms with Crippen LogP contribution in [0.1, 0.15) is 11.1 Å². The minimum Gasteiger partial charge on any atom is -0.457 e. The van der Waals surface area contributed by atoms with Crippen molar-refractivity contribution < 1.29 is 13.5 Å². The van der Waals surface area contributed by atoms with Crippen LogP contribution in [0.3, 0.4) is 0 Å². The predicted octanol–water partition coefficient (Wildman–Crippen LogP) is 3.96. The highest BCUT2D eigenvalue weighted by Crippen LogP contribution is 2.28. The molecule has 0 bridgehead atoms. The minimum atomic E-state index is -0.928. The molecule has 0 atom stereocenters. The van der Waals surface area contributed by atoms with Gasteiger partial charge < -0.3 is 10.5 Å².